The average molecular weight is 246 g/mol. The first kappa shape index (κ1) is 12.7. The van der Waals surface area contributed by atoms with Crippen LogP contribution in [0.15, 0.2) is 18.2 Å². The first-order chi connectivity index (χ1) is 6.95. The van der Waals surface area contributed by atoms with Gasteiger partial charge in [0, 0.05) is 12.1 Å². The molecular formula is C12H17Cl2N. The molecule has 1 aromatic rings. The molecule has 0 fully saturated rings. The first-order valence-electron chi connectivity index (χ1n) is 5.17. The van der Waals surface area contributed by atoms with Gasteiger partial charge >= 0.3 is 0 Å². The molecule has 0 aliphatic carbocycles. The van der Waals surface area contributed by atoms with Crippen LogP contribution < -0.4 is 4.90 Å². The van der Waals surface area contributed by atoms with E-state index in [1.165, 1.54) is 0 Å². The van der Waals surface area contributed by atoms with Gasteiger partial charge in [-0.25, -0.2) is 0 Å². The zero-order valence-corrected chi connectivity index (χ0v) is 11.1. The summed E-state index contributed by atoms with van der Waals surface area (Å²) in [6.07, 6.45) is 0. The van der Waals surface area contributed by atoms with E-state index in [2.05, 4.69) is 32.6 Å². The molecular weight excluding hydrogens is 229 g/mol. The summed E-state index contributed by atoms with van der Waals surface area (Å²) in [6.45, 7) is 8.55. The van der Waals surface area contributed by atoms with Crippen molar-refractivity contribution in [2.45, 2.75) is 39.8 Å². The van der Waals surface area contributed by atoms with Crippen LogP contribution in [0.5, 0.6) is 0 Å². The minimum Gasteiger partial charge on any atom is -0.364 e. The van der Waals surface area contributed by atoms with Crippen molar-refractivity contribution in [2.75, 3.05) is 4.90 Å². The molecule has 3 heteroatoms. The highest BCUT2D eigenvalue weighted by Crippen LogP contribution is 2.35. The molecule has 15 heavy (non-hydrogen) atoms. The fraction of sp³-hybridized carbons (Fsp3) is 0.500. The molecule has 1 rings (SSSR count). The van der Waals surface area contributed by atoms with E-state index in [1.54, 1.807) is 0 Å². The fourth-order valence-corrected chi connectivity index (χ4v) is 2.44. The molecule has 0 heterocycles. The molecule has 0 bridgehead atoms. The Morgan fingerprint density at radius 1 is 0.933 bits per heavy atom. The summed E-state index contributed by atoms with van der Waals surface area (Å²) in [5, 5.41) is 1.43. The Kier molecular flexibility index (Phi) is 4.30. The summed E-state index contributed by atoms with van der Waals surface area (Å²) in [6, 6.07) is 6.37. The van der Waals surface area contributed by atoms with Crippen molar-refractivity contribution < 1.29 is 0 Å². The first-order valence-corrected chi connectivity index (χ1v) is 5.93. The van der Waals surface area contributed by atoms with E-state index in [9.17, 15) is 0 Å². The standard InChI is InChI=1S/C12H17Cl2N/c1-8(2)15(9(3)4)12-10(13)6-5-7-11(12)14/h5-9H,1-4H3. The monoisotopic (exact) mass is 245 g/mol. The van der Waals surface area contributed by atoms with Crippen molar-refractivity contribution >= 4 is 28.9 Å². The minimum absolute atomic E-state index is 0.377. The number of rotatable bonds is 3. The maximum Gasteiger partial charge on any atom is 0.0749 e. The number of hydrogen-bond acceptors (Lipinski definition) is 1. The third-order valence-electron chi connectivity index (χ3n) is 2.31. The van der Waals surface area contributed by atoms with Gasteiger partial charge in [-0.15, -0.1) is 0 Å². The number of nitrogens with zero attached hydrogens (tertiary/aromatic N) is 1. The highest BCUT2D eigenvalue weighted by molar-refractivity contribution is 6.39. The van der Waals surface area contributed by atoms with Crippen molar-refractivity contribution in [2.24, 2.45) is 0 Å². The lowest BCUT2D eigenvalue weighted by molar-refractivity contribution is 0.608. The van der Waals surface area contributed by atoms with Crippen molar-refractivity contribution in [1.82, 2.24) is 0 Å². The molecule has 84 valence electrons. The van der Waals surface area contributed by atoms with Gasteiger partial charge in [-0.05, 0) is 39.8 Å². The summed E-state index contributed by atoms with van der Waals surface area (Å²) in [4.78, 5) is 2.23. The zero-order valence-electron chi connectivity index (χ0n) is 9.59. The molecule has 0 saturated heterocycles. The van der Waals surface area contributed by atoms with Crippen LogP contribution in [-0.2, 0) is 0 Å². The predicted octanol–water partition coefficient (Wildman–Crippen LogP) is 4.62. The molecule has 0 unspecified atom stereocenters. The van der Waals surface area contributed by atoms with Crippen molar-refractivity contribution in [3.05, 3.63) is 28.2 Å². The van der Waals surface area contributed by atoms with Crippen molar-refractivity contribution in [1.29, 1.82) is 0 Å². The number of halogens is 2. The predicted molar refractivity (Wildman–Crippen MR) is 69.2 cm³/mol. The summed E-state index contributed by atoms with van der Waals surface area (Å²) < 4.78 is 0. The summed E-state index contributed by atoms with van der Waals surface area (Å²) in [7, 11) is 0. The maximum absolute atomic E-state index is 6.19. The number of anilines is 1. The highest BCUT2D eigenvalue weighted by atomic mass is 35.5. The molecule has 0 spiro atoms. The number of hydrogen-bond donors (Lipinski definition) is 0. The van der Waals surface area contributed by atoms with E-state index in [4.69, 9.17) is 23.2 Å². The fourth-order valence-electron chi connectivity index (χ4n) is 1.85. The Labute approximate surface area is 102 Å². The lowest BCUT2D eigenvalue weighted by Gasteiger charge is -2.34. The smallest absolute Gasteiger partial charge is 0.0749 e. The zero-order chi connectivity index (χ0) is 11.6. The van der Waals surface area contributed by atoms with Gasteiger partial charge in [0.25, 0.3) is 0 Å². The van der Waals surface area contributed by atoms with Crippen molar-refractivity contribution in [3.8, 4) is 0 Å². The van der Waals surface area contributed by atoms with Crippen LogP contribution in [-0.4, -0.2) is 12.1 Å². The topological polar surface area (TPSA) is 3.24 Å². The van der Waals surface area contributed by atoms with Gasteiger partial charge < -0.3 is 4.90 Å². The summed E-state index contributed by atoms with van der Waals surface area (Å²) >= 11 is 12.4. The Morgan fingerprint density at radius 2 is 1.33 bits per heavy atom. The van der Waals surface area contributed by atoms with Gasteiger partial charge in [0.1, 0.15) is 0 Å². The van der Waals surface area contributed by atoms with E-state index >= 15 is 0 Å². The maximum atomic E-state index is 6.19. The van der Waals surface area contributed by atoms with E-state index in [1.807, 2.05) is 18.2 Å². The summed E-state index contributed by atoms with van der Waals surface area (Å²) in [5.41, 5.74) is 0.936. The van der Waals surface area contributed by atoms with Crippen LogP contribution in [0, 0.1) is 0 Å². The Morgan fingerprint density at radius 3 is 1.67 bits per heavy atom. The Bertz CT molecular complexity index is 306. The molecule has 0 aliphatic rings. The number of para-hydroxylation sites is 1. The van der Waals surface area contributed by atoms with Crippen LogP contribution in [0.25, 0.3) is 0 Å². The molecule has 1 nitrogen and oxygen atoms in total. The van der Waals surface area contributed by atoms with Gasteiger partial charge in [0.05, 0.1) is 15.7 Å². The van der Waals surface area contributed by atoms with Crippen LogP contribution in [0.3, 0.4) is 0 Å². The Balaban J connectivity index is 3.22. The van der Waals surface area contributed by atoms with Crippen LogP contribution in [0.2, 0.25) is 10.0 Å². The van der Waals surface area contributed by atoms with Crippen LogP contribution in [0.1, 0.15) is 27.7 Å². The average Bonchev–Trinajstić information content (AvgIpc) is 2.09. The second-order valence-electron chi connectivity index (χ2n) is 4.17. The normalized spacial score (nSPS) is 11.2. The molecule has 1 aromatic carbocycles. The van der Waals surface area contributed by atoms with E-state index in [0.29, 0.717) is 22.1 Å². The highest BCUT2D eigenvalue weighted by Gasteiger charge is 2.19. The Hall–Kier alpha value is -0.400. The van der Waals surface area contributed by atoms with Gasteiger partial charge in [-0.2, -0.15) is 0 Å². The van der Waals surface area contributed by atoms with Crippen LogP contribution in [0.4, 0.5) is 5.69 Å². The second kappa shape index (κ2) is 5.09. The third kappa shape index (κ3) is 2.79. The summed E-state index contributed by atoms with van der Waals surface area (Å²) in [5.74, 6) is 0. The SMILES string of the molecule is CC(C)N(c1c(Cl)cccc1Cl)C(C)C. The third-order valence-corrected chi connectivity index (χ3v) is 2.92. The van der Waals surface area contributed by atoms with Gasteiger partial charge in [-0.1, -0.05) is 29.3 Å². The van der Waals surface area contributed by atoms with E-state index in [-0.39, 0.29) is 0 Å². The molecule has 0 aliphatic heterocycles. The molecule has 0 radical (unpaired) electrons. The quantitative estimate of drug-likeness (QED) is 0.752. The van der Waals surface area contributed by atoms with E-state index < -0.39 is 0 Å². The minimum atomic E-state index is 0.377. The van der Waals surface area contributed by atoms with Gasteiger partial charge in [0.2, 0.25) is 0 Å². The number of benzene rings is 1. The lowest BCUT2D eigenvalue weighted by Crippen LogP contribution is -2.37. The largest absolute Gasteiger partial charge is 0.364 e. The lowest BCUT2D eigenvalue weighted by atomic mass is 10.2. The van der Waals surface area contributed by atoms with Crippen LogP contribution >= 0.6 is 23.2 Å². The van der Waals surface area contributed by atoms with Gasteiger partial charge in [-0.3, -0.25) is 0 Å². The molecule has 0 saturated carbocycles. The molecule has 0 amide bonds. The van der Waals surface area contributed by atoms with Gasteiger partial charge in [0.15, 0.2) is 0 Å². The second-order valence-corrected chi connectivity index (χ2v) is 4.98. The molecule has 0 N–H and O–H groups in total. The molecule has 0 aromatic heterocycles. The van der Waals surface area contributed by atoms with E-state index in [0.717, 1.165) is 5.69 Å². The molecule has 0 atom stereocenters. The van der Waals surface area contributed by atoms with Crippen molar-refractivity contribution in [3.63, 3.8) is 0 Å².